The number of fused-ring (bicyclic) bond motifs is 1. The molecule has 1 aromatic carbocycles. The average Bonchev–Trinajstić information content (AvgIpc) is 2.43. The van der Waals surface area contributed by atoms with E-state index in [0.717, 1.165) is 17.5 Å². The van der Waals surface area contributed by atoms with Gasteiger partial charge < -0.3 is 4.42 Å². The molecule has 62 valence electrons. The van der Waals surface area contributed by atoms with Crippen LogP contribution >= 0.6 is 22.6 Å². The Balaban J connectivity index is 2.66. The zero-order valence-electron chi connectivity index (χ0n) is 6.67. The van der Waals surface area contributed by atoms with E-state index in [1.807, 2.05) is 6.07 Å². The number of hydrogen-bond acceptors (Lipinski definition) is 2. The lowest BCUT2D eigenvalue weighted by molar-refractivity contribution is 0.566. The molecule has 0 unspecified atom stereocenters. The first-order chi connectivity index (χ1) is 5.79. The van der Waals surface area contributed by atoms with Gasteiger partial charge in [0.25, 0.3) is 3.90 Å². The molecule has 0 N–H and O–H groups in total. The molecule has 0 bridgehead atoms. The number of aryl methyl sites for hydroxylation is 1. The fourth-order valence-corrected chi connectivity index (χ4v) is 1.66. The SMILES string of the molecule is CCc1ccc2oc(I)nc2c1. The van der Waals surface area contributed by atoms with Crippen LogP contribution in [0, 0.1) is 3.90 Å². The van der Waals surface area contributed by atoms with Crippen LogP contribution in [0.3, 0.4) is 0 Å². The number of rotatable bonds is 1. The molecule has 0 atom stereocenters. The normalized spacial score (nSPS) is 10.8. The largest absolute Gasteiger partial charge is 0.432 e. The molecule has 3 heteroatoms. The first kappa shape index (κ1) is 8.04. The highest BCUT2D eigenvalue weighted by atomic mass is 127. The third-order valence-corrected chi connectivity index (χ3v) is 2.30. The van der Waals surface area contributed by atoms with Crippen LogP contribution < -0.4 is 0 Å². The highest BCUT2D eigenvalue weighted by Crippen LogP contribution is 2.18. The van der Waals surface area contributed by atoms with Gasteiger partial charge in [-0.15, -0.1) is 0 Å². The highest BCUT2D eigenvalue weighted by Gasteiger charge is 2.02. The number of oxazole rings is 1. The summed E-state index contributed by atoms with van der Waals surface area (Å²) < 4.78 is 6.05. The maximum Gasteiger partial charge on any atom is 0.258 e. The zero-order chi connectivity index (χ0) is 8.55. The fraction of sp³-hybridized carbons (Fsp3) is 0.222. The molecule has 0 spiro atoms. The molecule has 0 aliphatic rings. The van der Waals surface area contributed by atoms with Crippen molar-refractivity contribution in [2.75, 3.05) is 0 Å². The van der Waals surface area contributed by atoms with Crippen LogP contribution in [0.1, 0.15) is 12.5 Å². The molecule has 0 aliphatic heterocycles. The van der Waals surface area contributed by atoms with Crippen molar-refractivity contribution in [2.45, 2.75) is 13.3 Å². The summed E-state index contributed by atoms with van der Waals surface area (Å²) in [5, 5.41) is 0. The summed E-state index contributed by atoms with van der Waals surface area (Å²) in [6, 6.07) is 6.12. The van der Waals surface area contributed by atoms with E-state index in [1.54, 1.807) is 0 Å². The van der Waals surface area contributed by atoms with Crippen LogP contribution in [0.5, 0.6) is 0 Å². The Morgan fingerprint density at radius 1 is 1.50 bits per heavy atom. The molecule has 0 radical (unpaired) electrons. The molecule has 1 heterocycles. The maximum atomic E-state index is 5.34. The Morgan fingerprint density at radius 3 is 3.08 bits per heavy atom. The lowest BCUT2D eigenvalue weighted by atomic mass is 10.1. The van der Waals surface area contributed by atoms with E-state index in [4.69, 9.17) is 4.42 Å². The van der Waals surface area contributed by atoms with Crippen molar-refractivity contribution < 1.29 is 4.42 Å². The topological polar surface area (TPSA) is 26.0 Å². The van der Waals surface area contributed by atoms with Crippen molar-refractivity contribution in [3.8, 4) is 0 Å². The van der Waals surface area contributed by atoms with Crippen LogP contribution in [0.2, 0.25) is 0 Å². The number of benzene rings is 1. The summed E-state index contributed by atoms with van der Waals surface area (Å²) >= 11 is 2.08. The Labute approximate surface area is 84.1 Å². The van der Waals surface area contributed by atoms with Crippen molar-refractivity contribution in [1.29, 1.82) is 0 Å². The Hall–Kier alpha value is -0.580. The molecule has 12 heavy (non-hydrogen) atoms. The van der Waals surface area contributed by atoms with Crippen molar-refractivity contribution in [3.05, 3.63) is 27.7 Å². The van der Waals surface area contributed by atoms with E-state index in [1.165, 1.54) is 5.56 Å². The van der Waals surface area contributed by atoms with Crippen LogP contribution in [-0.2, 0) is 6.42 Å². The van der Waals surface area contributed by atoms with Gasteiger partial charge in [-0.25, -0.2) is 4.98 Å². The molecule has 2 nitrogen and oxygen atoms in total. The van der Waals surface area contributed by atoms with E-state index in [2.05, 4.69) is 46.6 Å². The fourth-order valence-electron chi connectivity index (χ4n) is 1.16. The quantitative estimate of drug-likeness (QED) is 0.746. The highest BCUT2D eigenvalue weighted by molar-refractivity contribution is 14.1. The Bertz CT molecular complexity index is 408. The summed E-state index contributed by atoms with van der Waals surface area (Å²) in [6.45, 7) is 2.13. The minimum Gasteiger partial charge on any atom is -0.432 e. The van der Waals surface area contributed by atoms with Gasteiger partial charge >= 0.3 is 0 Å². The van der Waals surface area contributed by atoms with Gasteiger partial charge in [0, 0.05) is 22.6 Å². The van der Waals surface area contributed by atoms with Gasteiger partial charge in [0.15, 0.2) is 5.58 Å². The van der Waals surface area contributed by atoms with E-state index in [0.29, 0.717) is 3.90 Å². The van der Waals surface area contributed by atoms with Gasteiger partial charge in [-0.3, -0.25) is 0 Å². The van der Waals surface area contributed by atoms with E-state index >= 15 is 0 Å². The van der Waals surface area contributed by atoms with Gasteiger partial charge in [0.1, 0.15) is 5.52 Å². The molecule has 0 amide bonds. The Kier molecular flexibility index (Phi) is 2.04. The number of nitrogens with zero attached hydrogens (tertiary/aromatic N) is 1. The molecule has 0 saturated carbocycles. The predicted molar refractivity (Wildman–Crippen MR) is 56.1 cm³/mol. The van der Waals surface area contributed by atoms with Gasteiger partial charge in [-0.1, -0.05) is 13.0 Å². The third kappa shape index (κ3) is 1.33. The molecular formula is C9H8INO. The average molecular weight is 273 g/mol. The van der Waals surface area contributed by atoms with Crippen LogP contribution in [-0.4, -0.2) is 4.98 Å². The van der Waals surface area contributed by atoms with Crippen molar-refractivity contribution in [3.63, 3.8) is 0 Å². The second-order valence-corrected chi connectivity index (χ2v) is 3.55. The Morgan fingerprint density at radius 2 is 2.33 bits per heavy atom. The minimum absolute atomic E-state index is 0.704. The van der Waals surface area contributed by atoms with Gasteiger partial charge in [0.05, 0.1) is 0 Å². The van der Waals surface area contributed by atoms with Gasteiger partial charge in [0.2, 0.25) is 0 Å². The van der Waals surface area contributed by atoms with Gasteiger partial charge in [-0.2, -0.15) is 0 Å². The first-order valence-electron chi connectivity index (χ1n) is 3.84. The molecule has 0 aliphatic carbocycles. The number of halogens is 1. The smallest absolute Gasteiger partial charge is 0.258 e. The lowest BCUT2D eigenvalue weighted by Gasteiger charge is -1.92. The van der Waals surface area contributed by atoms with Crippen molar-refractivity contribution >= 4 is 33.7 Å². The number of hydrogen-bond donors (Lipinski definition) is 0. The molecule has 2 rings (SSSR count). The van der Waals surface area contributed by atoms with E-state index in [-0.39, 0.29) is 0 Å². The van der Waals surface area contributed by atoms with E-state index in [9.17, 15) is 0 Å². The van der Waals surface area contributed by atoms with Crippen LogP contribution in [0.4, 0.5) is 0 Å². The third-order valence-electron chi connectivity index (χ3n) is 1.83. The second-order valence-electron chi connectivity index (χ2n) is 2.62. The first-order valence-corrected chi connectivity index (χ1v) is 4.92. The minimum atomic E-state index is 0.704. The van der Waals surface area contributed by atoms with Gasteiger partial charge in [-0.05, 0) is 24.1 Å². The summed E-state index contributed by atoms with van der Waals surface area (Å²) in [4.78, 5) is 4.24. The molecule has 2 aromatic rings. The zero-order valence-corrected chi connectivity index (χ0v) is 8.83. The summed E-state index contributed by atoms with van der Waals surface area (Å²) in [5.74, 6) is 0. The molecule has 1 aromatic heterocycles. The van der Waals surface area contributed by atoms with Crippen molar-refractivity contribution in [2.24, 2.45) is 0 Å². The standard InChI is InChI=1S/C9H8INO/c1-2-6-3-4-8-7(5-6)11-9(10)12-8/h3-5H,2H2,1H3. The molecular weight excluding hydrogens is 265 g/mol. The predicted octanol–water partition coefficient (Wildman–Crippen LogP) is 2.99. The monoisotopic (exact) mass is 273 g/mol. The van der Waals surface area contributed by atoms with E-state index < -0.39 is 0 Å². The summed E-state index contributed by atoms with van der Waals surface area (Å²) in [6.07, 6.45) is 1.04. The van der Waals surface area contributed by atoms with Crippen molar-refractivity contribution in [1.82, 2.24) is 4.98 Å². The summed E-state index contributed by atoms with van der Waals surface area (Å²) in [7, 11) is 0. The second kappa shape index (κ2) is 3.05. The van der Waals surface area contributed by atoms with Crippen LogP contribution in [0.25, 0.3) is 11.1 Å². The molecule has 0 fully saturated rings. The lowest BCUT2D eigenvalue weighted by Crippen LogP contribution is -1.78. The maximum absolute atomic E-state index is 5.34. The number of aromatic nitrogens is 1. The summed E-state index contributed by atoms with van der Waals surface area (Å²) in [5.41, 5.74) is 3.13. The van der Waals surface area contributed by atoms with Crippen LogP contribution in [0.15, 0.2) is 22.6 Å². The molecule has 0 saturated heterocycles.